The number of furan rings is 1. The van der Waals surface area contributed by atoms with E-state index >= 15 is 0 Å². The maximum Gasteiger partial charge on any atom is 0.261 e. The molecule has 0 saturated heterocycles. The highest BCUT2D eigenvalue weighted by Crippen LogP contribution is 2.16. The molecule has 1 unspecified atom stereocenters. The molecule has 0 bridgehead atoms. The molecule has 3 aromatic carbocycles. The van der Waals surface area contributed by atoms with E-state index in [1.165, 1.54) is 0 Å². The zero-order valence-electron chi connectivity index (χ0n) is 19.4. The SMILES string of the molecule is O=C(NCc1ccco1)C(Cc1ccccc1)N(Cc1ccccc1)C(=O)COc1ccccc1. The van der Waals surface area contributed by atoms with Gasteiger partial charge in [-0.1, -0.05) is 78.9 Å². The Kier molecular flexibility index (Phi) is 8.32. The first-order valence-corrected chi connectivity index (χ1v) is 11.5. The second-order valence-corrected chi connectivity index (χ2v) is 8.11. The van der Waals surface area contributed by atoms with Crippen molar-refractivity contribution in [2.75, 3.05) is 6.61 Å². The second kappa shape index (κ2) is 12.2. The second-order valence-electron chi connectivity index (χ2n) is 8.11. The summed E-state index contributed by atoms with van der Waals surface area (Å²) in [7, 11) is 0. The first-order chi connectivity index (χ1) is 17.2. The molecule has 6 heteroatoms. The first kappa shape index (κ1) is 23.8. The van der Waals surface area contributed by atoms with Crippen LogP contribution < -0.4 is 10.1 Å². The van der Waals surface area contributed by atoms with E-state index in [-0.39, 0.29) is 31.5 Å². The molecule has 6 nitrogen and oxygen atoms in total. The molecule has 1 aromatic heterocycles. The Morgan fingerprint density at radius 1 is 0.800 bits per heavy atom. The van der Waals surface area contributed by atoms with Crippen LogP contribution >= 0.6 is 0 Å². The third-order valence-corrected chi connectivity index (χ3v) is 5.59. The van der Waals surface area contributed by atoms with Crippen LogP contribution in [0.4, 0.5) is 0 Å². The number of rotatable bonds is 11. The summed E-state index contributed by atoms with van der Waals surface area (Å²) in [6, 6.07) is 31.4. The van der Waals surface area contributed by atoms with Crippen molar-refractivity contribution in [3.8, 4) is 5.75 Å². The van der Waals surface area contributed by atoms with Crippen LogP contribution in [0.15, 0.2) is 114 Å². The van der Waals surface area contributed by atoms with Gasteiger partial charge in [0.2, 0.25) is 5.91 Å². The van der Waals surface area contributed by atoms with Crippen molar-refractivity contribution in [1.29, 1.82) is 0 Å². The number of ether oxygens (including phenoxy) is 1. The van der Waals surface area contributed by atoms with E-state index in [0.29, 0.717) is 17.9 Å². The van der Waals surface area contributed by atoms with E-state index in [0.717, 1.165) is 11.1 Å². The number of hydrogen-bond acceptors (Lipinski definition) is 4. The van der Waals surface area contributed by atoms with Crippen molar-refractivity contribution in [2.24, 2.45) is 0 Å². The number of para-hydroxylation sites is 1. The van der Waals surface area contributed by atoms with Crippen molar-refractivity contribution in [1.82, 2.24) is 10.2 Å². The van der Waals surface area contributed by atoms with Gasteiger partial charge in [-0.3, -0.25) is 9.59 Å². The quantitative estimate of drug-likeness (QED) is 0.349. The summed E-state index contributed by atoms with van der Waals surface area (Å²) in [5, 5.41) is 2.93. The Hall–Kier alpha value is -4.32. The van der Waals surface area contributed by atoms with Gasteiger partial charge in [0.15, 0.2) is 6.61 Å². The Morgan fingerprint density at radius 3 is 2.06 bits per heavy atom. The minimum Gasteiger partial charge on any atom is -0.484 e. The molecular weight excluding hydrogens is 440 g/mol. The van der Waals surface area contributed by atoms with Crippen LogP contribution in [-0.2, 0) is 29.1 Å². The van der Waals surface area contributed by atoms with E-state index in [4.69, 9.17) is 9.15 Å². The number of hydrogen-bond donors (Lipinski definition) is 1. The van der Waals surface area contributed by atoms with Crippen LogP contribution in [0.5, 0.6) is 5.75 Å². The average Bonchev–Trinajstić information content (AvgIpc) is 3.43. The van der Waals surface area contributed by atoms with Gasteiger partial charge >= 0.3 is 0 Å². The zero-order chi connectivity index (χ0) is 24.3. The zero-order valence-corrected chi connectivity index (χ0v) is 19.4. The van der Waals surface area contributed by atoms with Gasteiger partial charge in [0, 0.05) is 13.0 Å². The monoisotopic (exact) mass is 468 g/mol. The normalized spacial score (nSPS) is 11.4. The van der Waals surface area contributed by atoms with Crippen molar-refractivity contribution < 1.29 is 18.7 Å². The van der Waals surface area contributed by atoms with Crippen LogP contribution in [0.2, 0.25) is 0 Å². The lowest BCUT2D eigenvalue weighted by atomic mass is 10.0. The largest absolute Gasteiger partial charge is 0.484 e. The summed E-state index contributed by atoms with van der Waals surface area (Å²) in [5.41, 5.74) is 1.89. The van der Waals surface area contributed by atoms with Crippen molar-refractivity contribution in [3.63, 3.8) is 0 Å². The van der Waals surface area contributed by atoms with Crippen molar-refractivity contribution in [2.45, 2.75) is 25.6 Å². The summed E-state index contributed by atoms with van der Waals surface area (Å²) >= 11 is 0. The smallest absolute Gasteiger partial charge is 0.261 e. The number of carbonyl (C=O) groups is 2. The summed E-state index contributed by atoms with van der Waals surface area (Å²) in [5.74, 6) is 0.716. The third-order valence-electron chi connectivity index (χ3n) is 5.59. The van der Waals surface area contributed by atoms with E-state index in [2.05, 4.69) is 5.32 Å². The van der Waals surface area contributed by atoms with E-state index < -0.39 is 6.04 Å². The molecule has 0 fully saturated rings. The molecule has 0 aliphatic heterocycles. The maximum absolute atomic E-state index is 13.5. The van der Waals surface area contributed by atoms with Crippen LogP contribution in [0.3, 0.4) is 0 Å². The molecule has 178 valence electrons. The summed E-state index contributed by atoms with van der Waals surface area (Å²) < 4.78 is 11.1. The van der Waals surface area contributed by atoms with Gasteiger partial charge in [0.25, 0.3) is 5.91 Å². The van der Waals surface area contributed by atoms with Crippen LogP contribution in [0.25, 0.3) is 0 Å². The number of carbonyl (C=O) groups excluding carboxylic acids is 2. The lowest BCUT2D eigenvalue weighted by molar-refractivity contribution is -0.142. The lowest BCUT2D eigenvalue weighted by Gasteiger charge is -2.31. The van der Waals surface area contributed by atoms with Crippen LogP contribution in [0.1, 0.15) is 16.9 Å². The molecule has 0 aliphatic carbocycles. The summed E-state index contributed by atoms with van der Waals surface area (Å²) in [6.07, 6.45) is 1.93. The van der Waals surface area contributed by atoms with Crippen LogP contribution in [0, 0.1) is 0 Å². The maximum atomic E-state index is 13.5. The van der Waals surface area contributed by atoms with Gasteiger partial charge in [0.05, 0.1) is 12.8 Å². The van der Waals surface area contributed by atoms with Gasteiger partial charge in [-0.05, 0) is 35.4 Å². The third kappa shape index (κ3) is 7.08. The average molecular weight is 469 g/mol. The van der Waals surface area contributed by atoms with E-state index in [9.17, 15) is 9.59 Å². The summed E-state index contributed by atoms with van der Waals surface area (Å²) in [4.78, 5) is 28.6. The Morgan fingerprint density at radius 2 is 1.43 bits per heavy atom. The molecule has 4 aromatic rings. The lowest BCUT2D eigenvalue weighted by Crippen LogP contribution is -2.51. The van der Waals surface area contributed by atoms with Crippen molar-refractivity contribution >= 4 is 11.8 Å². The number of nitrogens with one attached hydrogen (secondary N) is 1. The Labute approximate surface area is 205 Å². The number of benzene rings is 3. The molecule has 35 heavy (non-hydrogen) atoms. The standard InChI is InChI=1S/C29H28N2O4/c32-28(22-35-25-15-8-3-9-16-25)31(21-24-13-6-2-7-14-24)27(19-23-11-4-1-5-12-23)29(33)30-20-26-17-10-18-34-26/h1-18,27H,19-22H2,(H,30,33). The van der Waals surface area contributed by atoms with Gasteiger partial charge < -0.3 is 19.4 Å². The van der Waals surface area contributed by atoms with Gasteiger partial charge in [-0.25, -0.2) is 0 Å². The highest BCUT2D eigenvalue weighted by molar-refractivity contribution is 5.88. The fraction of sp³-hybridized carbons (Fsp3) is 0.172. The van der Waals surface area contributed by atoms with Crippen LogP contribution in [-0.4, -0.2) is 29.4 Å². The fourth-order valence-corrected chi connectivity index (χ4v) is 3.78. The Bertz CT molecular complexity index is 1180. The van der Waals surface area contributed by atoms with E-state index in [1.54, 1.807) is 35.4 Å². The Balaban J connectivity index is 1.58. The first-order valence-electron chi connectivity index (χ1n) is 11.5. The van der Waals surface area contributed by atoms with E-state index in [1.807, 2.05) is 78.9 Å². The summed E-state index contributed by atoms with van der Waals surface area (Å²) in [6.45, 7) is 0.349. The molecule has 0 aliphatic rings. The van der Waals surface area contributed by atoms with Crippen molar-refractivity contribution in [3.05, 3.63) is 126 Å². The fourth-order valence-electron chi connectivity index (χ4n) is 3.78. The predicted molar refractivity (Wildman–Crippen MR) is 133 cm³/mol. The molecule has 4 rings (SSSR count). The predicted octanol–water partition coefficient (Wildman–Crippen LogP) is 4.61. The van der Waals surface area contributed by atoms with Gasteiger partial charge in [-0.2, -0.15) is 0 Å². The molecule has 1 heterocycles. The molecule has 0 saturated carbocycles. The molecule has 2 amide bonds. The van der Waals surface area contributed by atoms with Gasteiger partial charge in [-0.15, -0.1) is 0 Å². The molecule has 1 atom stereocenters. The minimum atomic E-state index is -0.737. The molecule has 0 spiro atoms. The molecule has 1 N–H and O–H groups in total. The highest BCUT2D eigenvalue weighted by atomic mass is 16.5. The topological polar surface area (TPSA) is 71.8 Å². The number of nitrogens with zero attached hydrogens (tertiary/aromatic N) is 1. The minimum absolute atomic E-state index is 0.173. The van der Waals surface area contributed by atoms with Gasteiger partial charge in [0.1, 0.15) is 17.6 Å². The number of amides is 2. The molecular formula is C29H28N2O4. The highest BCUT2D eigenvalue weighted by Gasteiger charge is 2.30. The molecule has 0 radical (unpaired) electrons.